The Morgan fingerprint density at radius 1 is 0.327 bits per heavy atom. The lowest BCUT2D eigenvalue weighted by molar-refractivity contribution is 0.669. The van der Waals surface area contributed by atoms with E-state index in [0.29, 0.717) is 5.56 Å². The van der Waals surface area contributed by atoms with Crippen LogP contribution in [0, 0.1) is 11.3 Å². The molecule has 0 N–H and O–H groups in total. The first kappa shape index (κ1) is 31.1. The Bertz CT molecular complexity index is 3270. The molecular formula is C53H31NO. The van der Waals surface area contributed by atoms with Crippen LogP contribution in [0.2, 0.25) is 0 Å². The normalized spacial score (nSPS) is 11.6. The van der Waals surface area contributed by atoms with Crippen molar-refractivity contribution in [3.8, 4) is 50.6 Å². The first-order chi connectivity index (χ1) is 27.3. The second-order valence-electron chi connectivity index (χ2n) is 14.2. The van der Waals surface area contributed by atoms with E-state index in [4.69, 9.17) is 4.42 Å². The lowest BCUT2D eigenvalue weighted by atomic mass is 9.84. The quantitative estimate of drug-likeness (QED) is 0.172. The average molecular weight is 698 g/mol. The highest BCUT2D eigenvalue weighted by molar-refractivity contribution is 6.27. The Morgan fingerprint density at radius 3 is 1.35 bits per heavy atom. The van der Waals surface area contributed by atoms with Crippen molar-refractivity contribution in [2.24, 2.45) is 0 Å². The van der Waals surface area contributed by atoms with Gasteiger partial charge in [-0.3, -0.25) is 0 Å². The molecule has 2 nitrogen and oxygen atoms in total. The van der Waals surface area contributed by atoms with E-state index in [9.17, 15) is 5.26 Å². The van der Waals surface area contributed by atoms with E-state index in [0.717, 1.165) is 71.3 Å². The smallest absolute Gasteiger partial charge is 0.136 e. The van der Waals surface area contributed by atoms with Gasteiger partial charge in [-0.05, 0) is 106 Å². The second kappa shape index (κ2) is 12.3. The van der Waals surface area contributed by atoms with Crippen molar-refractivity contribution < 1.29 is 4.42 Å². The van der Waals surface area contributed by atoms with Crippen molar-refractivity contribution in [3.05, 3.63) is 194 Å². The lowest BCUT2D eigenvalue weighted by Gasteiger charge is -2.18. The summed E-state index contributed by atoms with van der Waals surface area (Å²) in [6.45, 7) is 0. The van der Waals surface area contributed by atoms with Crippen LogP contribution in [0.5, 0.6) is 0 Å². The summed E-state index contributed by atoms with van der Waals surface area (Å²) >= 11 is 0. The van der Waals surface area contributed by atoms with Crippen molar-refractivity contribution in [1.82, 2.24) is 0 Å². The van der Waals surface area contributed by atoms with Crippen LogP contribution in [0.3, 0.4) is 0 Å². The molecule has 2 heteroatoms. The molecule has 55 heavy (non-hydrogen) atoms. The monoisotopic (exact) mass is 697 g/mol. The third-order valence-electron chi connectivity index (χ3n) is 11.3. The molecule has 10 aromatic carbocycles. The molecule has 0 spiro atoms. The highest BCUT2D eigenvalue weighted by Gasteiger charge is 2.22. The minimum absolute atomic E-state index is 0.666. The average Bonchev–Trinajstić information content (AvgIpc) is 3.63. The van der Waals surface area contributed by atoms with Crippen LogP contribution < -0.4 is 0 Å². The standard InChI is InChI=1S/C53H31NO/c54-32-35-17-4-5-18-36(35)51-41-23-10-12-25-43(41)52(44-26-13-11-24-42(44)51)46-27-14-28-47-53(46)45-30-29-34(31-48(45)55-47)50-39-21-8-6-19-37(39)49(33-15-2-1-3-16-33)38-20-7-9-22-40(38)50/h1-31H. The zero-order valence-corrected chi connectivity index (χ0v) is 29.8. The second-order valence-corrected chi connectivity index (χ2v) is 14.2. The minimum atomic E-state index is 0.666. The minimum Gasteiger partial charge on any atom is -0.456 e. The Labute approximate surface area is 317 Å². The molecule has 0 aliphatic heterocycles. The first-order valence-electron chi connectivity index (χ1n) is 18.7. The highest BCUT2D eigenvalue weighted by Crippen LogP contribution is 2.49. The van der Waals surface area contributed by atoms with E-state index < -0.39 is 0 Å². The molecular weight excluding hydrogens is 667 g/mol. The SMILES string of the molecule is N#Cc1ccccc1-c1c2ccccc2c(-c2cccc3oc4cc(-c5c6ccccc6c(-c6ccccc6)c6ccccc56)ccc4c23)c2ccccc12. The van der Waals surface area contributed by atoms with Crippen molar-refractivity contribution in [2.45, 2.75) is 0 Å². The van der Waals surface area contributed by atoms with Gasteiger partial charge in [-0.2, -0.15) is 5.26 Å². The van der Waals surface area contributed by atoms with E-state index in [2.05, 4.69) is 176 Å². The number of fused-ring (bicyclic) bond motifs is 7. The van der Waals surface area contributed by atoms with Gasteiger partial charge in [0.15, 0.2) is 0 Å². The van der Waals surface area contributed by atoms with Gasteiger partial charge in [0.25, 0.3) is 0 Å². The summed E-state index contributed by atoms with van der Waals surface area (Å²) in [5, 5.41) is 21.7. The third-order valence-corrected chi connectivity index (χ3v) is 11.3. The molecule has 11 aromatic rings. The van der Waals surface area contributed by atoms with Gasteiger partial charge in [0.1, 0.15) is 11.2 Å². The van der Waals surface area contributed by atoms with E-state index in [1.807, 2.05) is 18.2 Å². The molecule has 0 aliphatic carbocycles. The lowest BCUT2D eigenvalue weighted by Crippen LogP contribution is -1.93. The molecule has 0 aliphatic rings. The number of benzene rings is 10. The van der Waals surface area contributed by atoms with Gasteiger partial charge >= 0.3 is 0 Å². The summed E-state index contributed by atoms with van der Waals surface area (Å²) < 4.78 is 6.81. The summed E-state index contributed by atoms with van der Waals surface area (Å²) in [6, 6.07) is 69.0. The van der Waals surface area contributed by atoms with Crippen molar-refractivity contribution in [2.75, 3.05) is 0 Å². The largest absolute Gasteiger partial charge is 0.456 e. The predicted molar refractivity (Wildman–Crippen MR) is 230 cm³/mol. The summed E-state index contributed by atoms with van der Waals surface area (Å²) in [5.74, 6) is 0. The molecule has 0 bridgehead atoms. The molecule has 0 unspecified atom stereocenters. The molecule has 0 saturated heterocycles. The summed E-state index contributed by atoms with van der Waals surface area (Å²) in [6.07, 6.45) is 0. The molecule has 0 saturated carbocycles. The number of furan rings is 1. The first-order valence-corrected chi connectivity index (χ1v) is 18.7. The van der Waals surface area contributed by atoms with Crippen LogP contribution in [0.1, 0.15) is 5.56 Å². The Hall–Kier alpha value is -7.47. The van der Waals surface area contributed by atoms with Crippen LogP contribution in [0.25, 0.3) is 110 Å². The summed E-state index contributed by atoms with van der Waals surface area (Å²) in [7, 11) is 0. The zero-order valence-electron chi connectivity index (χ0n) is 29.8. The number of nitrogens with zero attached hydrogens (tertiary/aromatic N) is 1. The van der Waals surface area contributed by atoms with Crippen molar-refractivity contribution in [3.63, 3.8) is 0 Å². The Morgan fingerprint density at radius 2 is 0.782 bits per heavy atom. The topological polar surface area (TPSA) is 36.9 Å². The maximum absolute atomic E-state index is 10.1. The van der Waals surface area contributed by atoms with Gasteiger partial charge in [0, 0.05) is 16.3 Å². The summed E-state index contributed by atoms with van der Waals surface area (Å²) in [5.41, 5.74) is 11.5. The van der Waals surface area contributed by atoms with Gasteiger partial charge in [-0.1, -0.05) is 164 Å². The van der Waals surface area contributed by atoms with Crippen molar-refractivity contribution >= 4 is 65.0 Å². The highest BCUT2D eigenvalue weighted by atomic mass is 16.3. The maximum Gasteiger partial charge on any atom is 0.136 e. The van der Waals surface area contributed by atoms with Gasteiger partial charge in [-0.15, -0.1) is 0 Å². The van der Waals surface area contributed by atoms with Gasteiger partial charge in [-0.25, -0.2) is 0 Å². The van der Waals surface area contributed by atoms with Gasteiger partial charge in [0.05, 0.1) is 11.6 Å². The van der Waals surface area contributed by atoms with E-state index in [-0.39, 0.29) is 0 Å². The fraction of sp³-hybridized carbons (Fsp3) is 0. The van der Waals surface area contributed by atoms with Crippen molar-refractivity contribution in [1.29, 1.82) is 5.26 Å². The van der Waals surface area contributed by atoms with Crippen LogP contribution >= 0.6 is 0 Å². The molecule has 0 fully saturated rings. The van der Waals surface area contributed by atoms with Gasteiger partial charge in [0.2, 0.25) is 0 Å². The predicted octanol–water partition coefficient (Wildman–Crippen LogP) is 14.7. The number of hydrogen-bond donors (Lipinski definition) is 0. The maximum atomic E-state index is 10.1. The van der Waals surface area contributed by atoms with Crippen LogP contribution in [0.4, 0.5) is 0 Å². The molecule has 0 atom stereocenters. The number of nitriles is 1. The van der Waals surface area contributed by atoms with E-state index >= 15 is 0 Å². The number of hydrogen-bond acceptors (Lipinski definition) is 2. The Balaban J connectivity index is 1.18. The molecule has 1 aromatic heterocycles. The van der Waals surface area contributed by atoms with Crippen LogP contribution in [0.15, 0.2) is 192 Å². The van der Waals surface area contributed by atoms with E-state index in [1.54, 1.807) is 0 Å². The van der Waals surface area contributed by atoms with Crippen LogP contribution in [-0.2, 0) is 0 Å². The molecule has 254 valence electrons. The fourth-order valence-electron chi connectivity index (χ4n) is 9.05. The number of rotatable bonds is 4. The van der Waals surface area contributed by atoms with Gasteiger partial charge < -0.3 is 4.42 Å². The Kier molecular flexibility index (Phi) is 6.96. The molecule has 1 heterocycles. The van der Waals surface area contributed by atoms with E-state index in [1.165, 1.54) is 38.2 Å². The summed E-state index contributed by atoms with van der Waals surface area (Å²) in [4.78, 5) is 0. The fourth-order valence-corrected chi connectivity index (χ4v) is 9.05. The van der Waals surface area contributed by atoms with Crippen LogP contribution in [-0.4, -0.2) is 0 Å². The molecule has 0 radical (unpaired) electrons. The zero-order chi connectivity index (χ0) is 36.5. The molecule has 11 rings (SSSR count). The third kappa shape index (κ3) is 4.67. The molecule has 0 amide bonds.